The summed E-state index contributed by atoms with van der Waals surface area (Å²) in [4.78, 5) is 11.4. The van der Waals surface area contributed by atoms with Gasteiger partial charge in [0.1, 0.15) is 4.88 Å². The molecule has 0 amide bonds. The molecule has 2 aromatic heterocycles. The SMILES string of the molecule is Cc1cscc1CNS(=O)(=O)c1cc(C(=O)O)sc1C. The number of sulfonamides is 1. The van der Waals surface area contributed by atoms with Crippen LogP contribution in [0.1, 0.15) is 25.7 Å². The van der Waals surface area contributed by atoms with Gasteiger partial charge in [0.25, 0.3) is 0 Å². The molecule has 0 spiro atoms. The Morgan fingerprint density at radius 2 is 2.05 bits per heavy atom. The Kier molecular flexibility index (Phi) is 4.28. The number of aromatic carboxylic acids is 1. The second-order valence-corrected chi connectivity index (χ2v) is 7.98. The largest absolute Gasteiger partial charge is 0.477 e. The summed E-state index contributed by atoms with van der Waals surface area (Å²) in [6.45, 7) is 3.72. The van der Waals surface area contributed by atoms with Gasteiger partial charge in [-0.15, -0.1) is 11.3 Å². The van der Waals surface area contributed by atoms with Gasteiger partial charge in [0.15, 0.2) is 0 Å². The molecule has 20 heavy (non-hydrogen) atoms. The summed E-state index contributed by atoms with van der Waals surface area (Å²) in [5, 5.41) is 12.7. The molecule has 0 fully saturated rings. The number of rotatable bonds is 5. The van der Waals surface area contributed by atoms with Crippen molar-refractivity contribution in [2.45, 2.75) is 25.3 Å². The van der Waals surface area contributed by atoms with Gasteiger partial charge in [-0.05, 0) is 41.8 Å². The fraction of sp³-hybridized carbons (Fsp3) is 0.250. The van der Waals surface area contributed by atoms with Crippen molar-refractivity contribution in [2.24, 2.45) is 0 Å². The standard InChI is InChI=1S/C12H13NO4S3/c1-7-5-18-6-9(7)4-13-20(16,17)11-3-10(12(14)15)19-8(11)2/h3,5-6,13H,4H2,1-2H3,(H,14,15). The van der Waals surface area contributed by atoms with E-state index in [1.807, 2.05) is 17.7 Å². The van der Waals surface area contributed by atoms with Crippen LogP contribution >= 0.6 is 22.7 Å². The fourth-order valence-corrected chi connectivity index (χ4v) is 4.95. The van der Waals surface area contributed by atoms with E-state index in [4.69, 9.17) is 5.11 Å². The van der Waals surface area contributed by atoms with Gasteiger partial charge < -0.3 is 5.11 Å². The van der Waals surface area contributed by atoms with Gasteiger partial charge in [-0.25, -0.2) is 17.9 Å². The molecule has 0 bridgehead atoms. The maximum atomic E-state index is 12.2. The highest BCUT2D eigenvalue weighted by Crippen LogP contribution is 2.26. The van der Waals surface area contributed by atoms with E-state index in [0.29, 0.717) is 4.88 Å². The molecule has 5 nitrogen and oxygen atoms in total. The lowest BCUT2D eigenvalue weighted by atomic mass is 10.2. The summed E-state index contributed by atoms with van der Waals surface area (Å²) in [7, 11) is -3.69. The summed E-state index contributed by atoms with van der Waals surface area (Å²) in [6.07, 6.45) is 0. The Morgan fingerprint density at radius 1 is 1.35 bits per heavy atom. The number of carbonyl (C=O) groups is 1. The lowest BCUT2D eigenvalue weighted by molar-refractivity contribution is 0.0702. The summed E-state index contributed by atoms with van der Waals surface area (Å²) in [5.74, 6) is -1.12. The minimum absolute atomic E-state index is 0.0228. The minimum atomic E-state index is -3.69. The molecule has 0 aliphatic heterocycles. The number of carboxylic acids is 1. The molecule has 8 heteroatoms. The van der Waals surface area contributed by atoms with E-state index in [0.717, 1.165) is 22.5 Å². The van der Waals surface area contributed by atoms with Crippen LogP contribution in [0.2, 0.25) is 0 Å². The van der Waals surface area contributed by atoms with E-state index in [9.17, 15) is 13.2 Å². The molecule has 108 valence electrons. The van der Waals surface area contributed by atoms with Gasteiger partial charge in [0, 0.05) is 11.4 Å². The predicted molar refractivity (Wildman–Crippen MR) is 79.1 cm³/mol. The van der Waals surface area contributed by atoms with Crippen LogP contribution in [-0.4, -0.2) is 19.5 Å². The average molecular weight is 331 g/mol. The normalized spacial score (nSPS) is 11.7. The lowest BCUT2D eigenvalue weighted by Crippen LogP contribution is -2.23. The van der Waals surface area contributed by atoms with Crippen molar-refractivity contribution in [3.63, 3.8) is 0 Å². The van der Waals surface area contributed by atoms with Gasteiger partial charge in [-0.1, -0.05) is 0 Å². The van der Waals surface area contributed by atoms with Crippen LogP contribution in [0.25, 0.3) is 0 Å². The summed E-state index contributed by atoms with van der Waals surface area (Å²) in [5.41, 5.74) is 1.95. The van der Waals surface area contributed by atoms with E-state index < -0.39 is 16.0 Å². The van der Waals surface area contributed by atoms with Gasteiger partial charge in [0.2, 0.25) is 10.0 Å². The van der Waals surface area contributed by atoms with Crippen molar-refractivity contribution in [3.05, 3.63) is 37.7 Å². The van der Waals surface area contributed by atoms with Gasteiger partial charge >= 0.3 is 5.97 Å². The number of hydrogen-bond donors (Lipinski definition) is 2. The molecule has 0 aromatic carbocycles. The van der Waals surface area contributed by atoms with Crippen LogP contribution in [0.3, 0.4) is 0 Å². The van der Waals surface area contributed by atoms with Gasteiger partial charge in [0.05, 0.1) is 4.90 Å². The Hall–Kier alpha value is -1.22. The number of hydrogen-bond acceptors (Lipinski definition) is 5. The predicted octanol–water partition coefficient (Wildman–Crippen LogP) is 2.60. The second kappa shape index (κ2) is 5.65. The van der Waals surface area contributed by atoms with Crippen LogP contribution in [0, 0.1) is 13.8 Å². The Balaban J connectivity index is 2.22. The zero-order valence-corrected chi connectivity index (χ0v) is 13.3. The highest BCUT2D eigenvalue weighted by molar-refractivity contribution is 7.89. The monoisotopic (exact) mass is 331 g/mol. The maximum Gasteiger partial charge on any atom is 0.345 e. The third kappa shape index (κ3) is 3.09. The van der Waals surface area contributed by atoms with Crippen LogP contribution in [0.15, 0.2) is 21.7 Å². The summed E-state index contributed by atoms with van der Waals surface area (Å²) in [6, 6.07) is 1.20. The first-order chi connectivity index (χ1) is 9.31. The van der Waals surface area contributed by atoms with Crippen LogP contribution in [0.4, 0.5) is 0 Å². The Labute approximate surface area is 124 Å². The smallest absolute Gasteiger partial charge is 0.345 e. The molecule has 2 N–H and O–H groups in total. The van der Waals surface area contributed by atoms with E-state index >= 15 is 0 Å². The van der Waals surface area contributed by atoms with Crippen LogP contribution in [-0.2, 0) is 16.6 Å². The fourth-order valence-electron chi connectivity index (χ4n) is 1.66. The molecular weight excluding hydrogens is 318 g/mol. The molecule has 0 aliphatic rings. The van der Waals surface area contributed by atoms with Crippen molar-refractivity contribution >= 4 is 38.7 Å². The average Bonchev–Trinajstić information content (AvgIpc) is 2.93. The van der Waals surface area contributed by atoms with Crippen LogP contribution in [0.5, 0.6) is 0 Å². The number of carboxylic acid groups (broad SMARTS) is 1. The minimum Gasteiger partial charge on any atom is -0.477 e. The number of thiophene rings is 2. The summed E-state index contributed by atoms with van der Waals surface area (Å²) >= 11 is 2.47. The van der Waals surface area contributed by atoms with Crippen LogP contribution < -0.4 is 4.72 Å². The first-order valence-electron chi connectivity index (χ1n) is 5.66. The number of nitrogens with one attached hydrogen (secondary N) is 1. The molecule has 0 radical (unpaired) electrons. The maximum absolute atomic E-state index is 12.2. The quantitative estimate of drug-likeness (QED) is 0.882. The summed E-state index contributed by atoms with van der Waals surface area (Å²) < 4.78 is 26.9. The molecule has 0 atom stereocenters. The molecule has 0 saturated carbocycles. The van der Waals surface area contributed by atoms with Crippen molar-refractivity contribution in [1.29, 1.82) is 0 Å². The highest BCUT2D eigenvalue weighted by atomic mass is 32.2. The van der Waals surface area contributed by atoms with Gasteiger partial charge in [-0.3, -0.25) is 0 Å². The topological polar surface area (TPSA) is 83.5 Å². The first-order valence-corrected chi connectivity index (χ1v) is 8.90. The highest BCUT2D eigenvalue weighted by Gasteiger charge is 2.22. The van der Waals surface area contributed by atoms with Crippen molar-refractivity contribution in [1.82, 2.24) is 4.72 Å². The lowest BCUT2D eigenvalue weighted by Gasteiger charge is -2.05. The zero-order valence-electron chi connectivity index (χ0n) is 10.8. The third-order valence-corrected chi connectivity index (χ3v) is 6.39. The van der Waals surface area contributed by atoms with Crippen molar-refractivity contribution < 1.29 is 18.3 Å². The molecule has 0 aliphatic carbocycles. The molecule has 2 heterocycles. The first kappa shape index (κ1) is 15.2. The number of aryl methyl sites for hydroxylation is 2. The van der Waals surface area contributed by atoms with Crippen molar-refractivity contribution in [3.8, 4) is 0 Å². The molecule has 0 saturated heterocycles. The van der Waals surface area contributed by atoms with E-state index in [1.54, 1.807) is 6.92 Å². The van der Waals surface area contributed by atoms with E-state index in [-0.39, 0.29) is 16.3 Å². The van der Waals surface area contributed by atoms with E-state index in [2.05, 4.69) is 4.72 Å². The van der Waals surface area contributed by atoms with E-state index in [1.165, 1.54) is 17.4 Å². The molecular formula is C12H13NO4S3. The Morgan fingerprint density at radius 3 is 2.55 bits per heavy atom. The third-order valence-electron chi connectivity index (χ3n) is 2.79. The van der Waals surface area contributed by atoms with Crippen molar-refractivity contribution in [2.75, 3.05) is 0 Å². The molecule has 2 aromatic rings. The zero-order chi connectivity index (χ0) is 14.9. The Bertz CT molecular complexity index is 743. The second-order valence-electron chi connectivity index (χ2n) is 4.24. The molecule has 0 unspecified atom stereocenters. The molecule has 2 rings (SSSR count). The van der Waals surface area contributed by atoms with Gasteiger partial charge in [-0.2, -0.15) is 11.3 Å².